The molecular weight excluding hydrogens is 370 g/mol. The molecule has 3 rings (SSSR count). The van der Waals surface area contributed by atoms with Crippen LogP contribution in [0.15, 0.2) is 59.7 Å². The van der Waals surface area contributed by atoms with Crippen molar-refractivity contribution in [2.24, 2.45) is 5.10 Å². The minimum atomic E-state index is -0.268. The first-order valence-electron chi connectivity index (χ1n) is 7.74. The second-order valence-corrected chi connectivity index (χ2v) is 6.85. The van der Waals surface area contributed by atoms with E-state index in [9.17, 15) is 9.59 Å². The maximum absolute atomic E-state index is 12.0. The largest absolute Gasteiger partial charge is 0.483 e. The van der Waals surface area contributed by atoms with Gasteiger partial charge in [-0.2, -0.15) is 10.1 Å². The number of thioether (sulfide) groups is 1. The number of hydrazone groups is 1. The number of amides is 2. The number of rotatable bonds is 6. The van der Waals surface area contributed by atoms with E-state index in [0.29, 0.717) is 27.1 Å². The highest BCUT2D eigenvalue weighted by Gasteiger charge is 2.26. The normalized spacial score (nSPS) is 14.1. The highest BCUT2D eigenvalue weighted by Crippen LogP contribution is 2.21. The van der Waals surface area contributed by atoms with Crippen molar-refractivity contribution in [3.8, 4) is 5.75 Å². The molecule has 26 heavy (non-hydrogen) atoms. The first kappa shape index (κ1) is 18.1. The standard InChI is InChI=1S/C18H15N3O3S2/c22-16(20-14-7-2-1-3-8-14)11-24-15-9-5-4-6-13(15)10-19-21-17(23)12-26-18(21)25/h1-10H,11-12H2,(H,20,22)/b19-10+. The molecule has 2 amide bonds. The van der Waals surface area contributed by atoms with Crippen molar-refractivity contribution in [2.45, 2.75) is 0 Å². The van der Waals surface area contributed by atoms with Gasteiger partial charge in [-0.15, -0.1) is 0 Å². The van der Waals surface area contributed by atoms with Gasteiger partial charge in [-0.1, -0.05) is 54.3 Å². The molecule has 0 aliphatic carbocycles. The van der Waals surface area contributed by atoms with Crippen molar-refractivity contribution < 1.29 is 14.3 Å². The molecule has 1 saturated heterocycles. The second kappa shape index (κ2) is 8.59. The van der Waals surface area contributed by atoms with E-state index < -0.39 is 0 Å². The lowest BCUT2D eigenvalue weighted by Crippen LogP contribution is -2.22. The molecular formula is C18H15N3O3S2. The van der Waals surface area contributed by atoms with Gasteiger partial charge in [0.1, 0.15) is 5.75 Å². The number of anilines is 1. The summed E-state index contributed by atoms with van der Waals surface area (Å²) in [5.41, 5.74) is 1.35. The molecule has 0 atom stereocenters. The van der Waals surface area contributed by atoms with Gasteiger partial charge < -0.3 is 10.1 Å². The fourth-order valence-corrected chi connectivity index (χ4v) is 3.13. The van der Waals surface area contributed by atoms with E-state index in [2.05, 4.69) is 10.4 Å². The predicted molar refractivity (Wildman–Crippen MR) is 107 cm³/mol. The molecule has 0 spiro atoms. The summed E-state index contributed by atoms with van der Waals surface area (Å²) >= 11 is 6.36. The Morgan fingerprint density at radius 3 is 2.69 bits per heavy atom. The van der Waals surface area contributed by atoms with Crippen LogP contribution in [0.3, 0.4) is 0 Å². The van der Waals surface area contributed by atoms with E-state index in [0.717, 1.165) is 0 Å². The summed E-state index contributed by atoms with van der Waals surface area (Å²) in [7, 11) is 0. The van der Waals surface area contributed by atoms with Crippen molar-refractivity contribution in [3.05, 3.63) is 60.2 Å². The fourth-order valence-electron chi connectivity index (χ4n) is 2.16. The van der Waals surface area contributed by atoms with E-state index in [4.69, 9.17) is 17.0 Å². The number of nitrogens with one attached hydrogen (secondary N) is 1. The van der Waals surface area contributed by atoms with Crippen molar-refractivity contribution >= 4 is 52.0 Å². The lowest BCUT2D eigenvalue weighted by molar-refractivity contribution is -0.124. The molecule has 1 aliphatic heterocycles. The van der Waals surface area contributed by atoms with Crippen LogP contribution in [0.25, 0.3) is 0 Å². The van der Waals surface area contributed by atoms with Crippen LogP contribution in [0.1, 0.15) is 5.56 Å². The molecule has 132 valence electrons. The Balaban J connectivity index is 1.63. The molecule has 0 aromatic heterocycles. The molecule has 1 fully saturated rings. The zero-order chi connectivity index (χ0) is 18.4. The van der Waals surface area contributed by atoms with Gasteiger partial charge in [0.05, 0.1) is 12.0 Å². The number of hydrogen-bond acceptors (Lipinski definition) is 6. The average Bonchev–Trinajstić information content (AvgIpc) is 2.97. The van der Waals surface area contributed by atoms with Gasteiger partial charge in [-0.3, -0.25) is 9.59 Å². The van der Waals surface area contributed by atoms with Gasteiger partial charge in [0, 0.05) is 11.3 Å². The van der Waals surface area contributed by atoms with Crippen LogP contribution in [-0.2, 0) is 9.59 Å². The minimum Gasteiger partial charge on any atom is -0.483 e. The number of carbonyl (C=O) groups is 2. The Hall–Kier alpha value is -2.71. The molecule has 8 heteroatoms. The quantitative estimate of drug-likeness (QED) is 0.612. The van der Waals surface area contributed by atoms with Crippen LogP contribution in [0.4, 0.5) is 5.69 Å². The van der Waals surface area contributed by atoms with Gasteiger partial charge in [0.25, 0.3) is 11.8 Å². The minimum absolute atomic E-state index is 0.142. The summed E-state index contributed by atoms with van der Waals surface area (Å²) in [6, 6.07) is 16.3. The zero-order valence-electron chi connectivity index (χ0n) is 13.6. The van der Waals surface area contributed by atoms with E-state index in [1.807, 2.05) is 24.3 Å². The molecule has 1 N–H and O–H groups in total. The first-order valence-corrected chi connectivity index (χ1v) is 9.13. The molecule has 2 aromatic rings. The Bertz CT molecular complexity index is 840. The summed E-state index contributed by atoms with van der Waals surface area (Å²) in [6.45, 7) is -0.142. The number of thiocarbonyl (C=S) groups is 1. The van der Waals surface area contributed by atoms with E-state index >= 15 is 0 Å². The third kappa shape index (κ3) is 4.68. The third-order valence-corrected chi connectivity index (χ3v) is 4.71. The van der Waals surface area contributed by atoms with Crippen LogP contribution in [0.2, 0.25) is 0 Å². The zero-order valence-corrected chi connectivity index (χ0v) is 15.3. The highest BCUT2D eigenvalue weighted by atomic mass is 32.2. The van der Waals surface area contributed by atoms with Gasteiger partial charge in [-0.25, -0.2) is 0 Å². The Labute approximate surface area is 160 Å². The molecule has 1 heterocycles. The van der Waals surface area contributed by atoms with Gasteiger partial charge in [-0.05, 0) is 24.3 Å². The fraction of sp³-hybridized carbons (Fsp3) is 0.111. The molecule has 0 bridgehead atoms. The van der Waals surface area contributed by atoms with Gasteiger partial charge in [0.15, 0.2) is 10.9 Å². The maximum Gasteiger partial charge on any atom is 0.262 e. The monoisotopic (exact) mass is 385 g/mol. The number of nitrogens with zero attached hydrogens (tertiary/aromatic N) is 2. The number of hydrogen-bond donors (Lipinski definition) is 1. The van der Waals surface area contributed by atoms with Gasteiger partial charge in [0.2, 0.25) is 0 Å². The Morgan fingerprint density at radius 1 is 1.23 bits per heavy atom. The Morgan fingerprint density at radius 2 is 1.96 bits per heavy atom. The summed E-state index contributed by atoms with van der Waals surface area (Å²) in [5.74, 6) is 0.366. The predicted octanol–water partition coefficient (Wildman–Crippen LogP) is 2.90. The highest BCUT2D eigenvalue weighted by molar-refractivity contribution is 8.23. The Kier molecular flexibility index (Phi) is 5.98. The van der Waals surface area contributed by atoms with Crippen LogP contribution < -0.4 is 10.1 Å². The van der Waals surface area contributed by atoms with Crippen LogP contribution >= 0.6 is 24.0 Å². The molecule has 6 nitrogen and oxygen atoms in total. The molecule has 0 saturated carbocycles. The smallest absolute Gasteiger partial charge is 0.262 e. The number of carbonyl (C=O) groups excluding carboxylic acids is 2. The van der Waals surface area contributed by atoms with Crippen LogP contribution in [-0.4, -0.2) is 39.7 Å². The van der Waals surface area contributed by atoms with Crippen molar-refractivity contribution in [1.29, 1.82) is 0 Å². The molecule has 1 aliphatic rings. The maximum atomic E-state index is 12.0. The summed E-state index contributed by atoms with van der Waals surface area (Å²) in [6.07, 6.45) is 1.50. The van der Waals surface area contributed by atoms with E-state index in [1.165, 1.54) is 23.0 Å². The summed E-state index contributed by atoms with van der Waals surface area (Å²) < 4.78 is 6.02. The van der Waals surface area contributed by atoms with Crippen molar-refractivity contribution in [1.82, 2.24) is 5.01 Å². The molecule has 2 aromatic carbocycles. The number of ether oxygens (including phenoxy) is 1. The molecule has 0 radical (unpaired) electrons. The van der Waals surface area contributed by atoms with Crippen LogP contribution in [0, 0.1) is 0 Å². The van der Waals surface area contributed by atoms with Gasteiger partial charge >= 0.3 is 0 Å². The SMILES string of the molecule is O=C(COc1ccccc1/C=N/N1C(=O)CSC1=S)Nc1ccccc1. The lowest BCUT2D eigenvalue weighted by atomic mass is 10.2. The van der Waals surface area contributed by atoms with E-state index in [1.54, 1.807) is 30.3 Å². The van der Waals surface area contributed by atoms with E-state index in [-0.39, 0.29) is 18.4 Å². The lowest BCUT2D eigenvalue weighted by Gasteiger charge is -2.10. The van der Waals surface area contributed by atoms with Crippen molar-refractivity contribution in [3.63, 3.8) is 0 Å². The van der Waals surface area contributed by atoms with Crippen LogP contribution in [0.5, 0.6) is 5.75 Å². The average molecular weight is 385 g/mol. The molecule has 0 unspecified atom stereocenters. The number of benzene rings is 2. The summed E-state index contributed by atoms with van der Waals surface area (Å²) in [5, 5.41) is 8.07. The topological polar surface area (TPSA) is 71.0 Å². The summed E-state index contributed by atoms with van der Waals surface area (Å²) in [4.78, 5) is 23.7. The third-order valence-electron chi connectivity index (χ3n) is 3.38. The number of para-hydroxylation sites is 2. The first-order chi connectivity index (χ1) is 12.6. The second-order valence-electron chi connectivity index (χ2n) is 5.25. The van der Waals surface area contributed by atoms with Crippen molar-refractivity contribution in [2.75, 3.05) is 17.7 Å².